The van der Waals surface area contributed by atoms with Crippen molar-refractivity contribution >= 4 is 0 Å². The Labute approximate surface area is 625 Å². The third kappa shape index (κ3) is 26.9. The summed E-state index contributed by atoms with van der Waals surface area (Å²) in [6, 6.07) is 81.9. The number of hydrogen-bond acceptors (Lipinski definition) is 10. The minimum atomic E-state index is -4.52. The molecule has 9 heterocycles. The summed E-state index contributed by atoms with van der Waals surface area (Å²) in [5, 5.41) is 18.1. The molecule has 0 aliphatic carbocycles. The standard InChI is InChI=1S/C12H14N3.4C12H10N.C10H7F3N3.C9H5F3N3.3Ir/c1-12(2,3)11-8-10(14-15-11)9-6-4-5-7-13-9;4*1-10-5-4-6-11(9-10)12-7-2-3-8-13-12;1-7-3-2-4-8(5-7)16-6-14-9(15-16)10(11,12)13;10-9(11,12)8-5-7(14-15-8)6-3-1-2-4-13-6;;;/h4-8H,1-3H3;4*2-5,7-9H,1H3;2-3,5-6H,1H3;1-5H;;;/q7*-1;;2*+3. The van der Waals surface area contributed by atoms with Crippen LogP contribution in [-0.2, 0) is 78.1 Å². The third-order valence-corrected chi connectivity index (χ3v) is 13.5. The van der Waals surface area contributed by atoms with Gasteiger partial charge in [0.05, 0.1) is 0 Å². The van der Waals surface area contributed by atoms with E-state index in [4.69, 9.17) is 0 Å². The predicted molar refractivity (Wildman–Crippen MR) is 368 cm³/mol. The van der Waals surface area contributed by atoms with Crippen LogP contribution >= 0.6 is 0 Å². The molecule has 1 radical (unpaired) electrons. The molecule has 0 saturated carbocycles. The summed E-state index contributed by atoms with van der Waals surface area (Å²) in [5.41, 5.74) is 16.7. The van der Waals surface area contributed by atoms with Crippen LogP contribution in [0.2, 0.25) is 0 Å². The normalized spacial score (nSPS) is 10.4. The number of alkyl halides is 6. The molecular formula is C79H66F6Ir3N13-. The summed E-state index contributed by atoms with van der Waals surface area (Å²) in [6.45, 7) is 16.5. The van der Waals surface area contributed by atoms with Crippen molar-refractivity contribution in [3.05, 3.63) is 331 Å². The molecule has 5 aromatic carbocycles. The van der Waals surface area contributed by atoms with E-state index in [-0.39, 0.29) is 71.4 Å². The van der Waals surface area contributed by atoms with Gasteiger partial charge in [0.15, 0.2) is 0 Å². The SMILES string of the molecule is CC(C)(C)c1cc(-c2ccccn2)[n-]n1.Cc1cc[c-]c(-c2ccccn2)c1.Cc1cc[c-]c(-c2ccccn2)c1.Cc1cc[c-]c(-c2ccccn2)c1.Cc1cc[c-]c(-c2ccccn2)c1.Cc1cc[c-]c(-n2cnc(C(F)(F)F)n2)c1.FC(F)(F)c1cc(-c2ccccn2)[n-]n1.[Ir+3].[Ir+3].[Ir]. The van der Waals surface area contributed by atoms with Crippen LogP contribution < -0.4 is 10.2 Å². The minimum Gasteiger partial charge on any atom is -0.573 e. The third-order valence-electron chi connectivity index (χ3n) is 13.5. The molecule has 0 amide bonds. The van der Waals surface area contributed by atoms with Gasteiger partial charge in [-0.15, -0.1) is 153 Å². The van der Waals surface area contributed by atoms with E-state index in [0.29, 0.717) is 11.4 Å². The molecule has 0 bridgehead atoms. The molecule has 22 heteroatoms. The van der Waals surface area contributed by atoms with Gasteiger partial charge in [-0.1, -0.05) is 134 Å². The van der Waals surface area contributed by atoms with Crippen molar-refractivity contribution in [1.29, 1.82) is 0 Å². The molecule has 0 fully saturated rings. The zero-order chi connectivity index (χ0) is 69.9. The van der Waals surface area contributed by atoms with E-state index in [2.05, 4.69) is 163 Å². The molecule has 13 nitrogen and oxygen atoms in total. The van der Waals surface area contributed by atoms with Gasteiger partial charge in [0.25, 0.3) is 5.82 Å². The smallest absolute Gasteiger partial charge is 0.573 e. The molecule has 101 heavy (non-hydrogen) atoms. The van der Waals surface area contributed by atoms with Gasteiger partial charge in [0, 0.05) is 79.8 Å². The summed E-state index contributed by atoms with van der Waals surface area (Å²) in [5.74, 6) is -1.15. The van der Waals surface area contributed by atoms with Crippen molar-refractivity contribution in [2.24, 2.45) is 0 Å². The number of nitrogens with zero attached hydrogens (tertiary/aromatic N) is 13. The molecule has 0 spiro atoms. The van der Waals surface area contributed by atoms with E-state index in [1.54, 1.807) is 67.4 Å². The summed E-state index contributed by atoms with van der Waals surface area (Å²) in [7, 11) is 0. The second kappa shape index (κ2) is 40.4. The van der Waals surface area contributed by atoms with Gasteiger partial charge in [-0.2, -0.15) is 50.1 Å². The van der Waals surface area contributed by atoms with Crippen molar-refractivity contribution in [1.82, 2.24) is 65.1 Å². The number of benzene rings is 5. The molecule has 517 valence electrons. The van der Waals surface area contributed by atoms with Gasteiger partial charge in [0.1, 0.15) is 12.0 Å². The topological polar surface area (TPSA) is 162 Å². The van der Waals surface area contributed by atoms with Crippen LogP contribution in [-0.4, -0.2) is 54.9 Å². The maximum absolute atomic E-state index is 12.2. The summed E-state index contributed by atoms with van der Waals surface area (Å²) >= 11 is 0. The fraction of sp³-hybridized carbons (Fsp3) is 0.139. The Balaban J connectivity index is 0.000000211. The molecule has 0 N–H and O–H groups in total. The quantitative estimate of drug-likeness (QED) is 0.110. The number of rotatable bonds is 7. The van der Waals surface area contributed by atoms with Crippen LogP contribution in [0, 0.1) is 65.0 Å². The second-order valence-electron chi connectivity index (χ2n) is 22.6. The van der Waals surface area contributed by atoms with E-state index < -0.39 is 23.9 Å². The zero-order valence-corrected chi connectivity index (χ0v) is 63.0. The van der Waals surface area contributed by atoms with Gasteiger partial charge < -0.3 is 40.3 Å². The largest absolute Gasteiger partial charge is 3.00 e. The molecule has 14 aromatic rings. The Kier molecular flexibility index (Phi) is 32.7. The molecule has 0 unspecified atom stereocenters. The van der Waals surface area contributed by atoms with Crippen LogP contribution in [0.15, 0.2) is 256 Å². The Hall–Kier alpha value is -9.91. The fourth-order valence-electron chi connectivity index (χ4n) is 8.58. The van der Waals surface area contributed by atoms with E-state index in [0.717, 1.165) is 84.8 Å². The molecular weight excluding hydrogens is 1820 g/mol. The van der Waals surface area contributed by atoms with E-state index in [1.807, 2.05) is 153 Å². The van der Waals surface area contributed by atoms with Crippen LogP contribution in [0.25, 0.3) is 73.5 Å². The Bertz CT molecular complexity index is 4240. The molecule has 9 aromatic heterocycles. The Morgan fingerprint density at radius 2 is 0.644 bits per heavy atom. The van der Waals surface area contributed by atoms with Gasteiger partial charge in [-0.3, -0.25) is 9.97 Å². The molecule has 0 atom stereocenters. The Morgan fingerprint density at radius 1 is 0.347 bits per heavy atom. The van der Waals surface area contributed by atoms with Crippen molar-refractivity contribution in [3.8, 4) is 73.5 Å². The van der Waals surface area contributed by atoms with Gasteiger partial charge in [-0.05, 0) is 83.1 Å². The first-order valence-electron chi connectivity index (χ1n) is 30.5. The van der Waals surface area contributed by atoms with Crippen molar-refractivity contribution in [2.45, 2.75) is 73.2 Å². The van der Waals surface area contributed by atoms with Crippen molar-refractivity contribution in [3.63, 3.8) is 0 Å². The summed E-state index contributed by atoms with van der Waals surface area (Å²) in [6.07, 6.45) is 2.48. The number of aromatic nitrogens is 13. The summed E-state index contributed by atoms with van der Waals surface area (Å²) in [4.78, 5) is 28.4. The van der Waals surface area contributed by atoms with Gasteiger partial charge in [-0.25, -0.2) is 9.67 Å². The van der Waals surface area contributed by atoms with E-state index in [1.165, 1.54) is 28.5 Å². The van der Waals surface area contributed by atoms with Crippen LogP contribution in [0.4, 0.5) is 26.3 Å². The maximum Gasteiger partial charge on any atom is 3.00 e. The van der Waals surface area contributed by atoms with Gasteiger partial charge in [0.2, 0.25) is 0 Å². The second-order valence-corrected chi connectivity index (χ2v) is 22.6. The molecule has 0 aliphatic rings. The predicted octanol–water partition coefficient (Wildman–Crippen LogP) is 18.3. The molecule has 0 aliphatic heterocycles. The first-order chi connectivity index (χ1) is 47.0. The number of halogens is 6. The maximum atomic E-state index is 12.2. The van der Waals surface area contributed by atoms with E-state index >= 15 is 0 Å². The first kappa shape index (κ1) is 81.8. The van der Waals surface area contributed by atoms with Crippen LogP contribution in [0.3, 0.4) is 0 Å². The van der Waals surface area contributed by atoms with Crippen molar-refractivity contribution < 1.29 is 86.7 Å². The zero-order valence-electron chi connectivity index (χ0n) is 55.8. The van der Waals surface area contributed by atoms with Crippen LogP contribution in [0.1, 0.15) is 65.8 Å². The van der Waals surface area contributed by atoms with Crippen molar-refractivity contribution in [2.75, 3.05) is 0 Å². The van der Waals surface area contributed by atoms with Crippen LogP contribution in [0.5, 0.6) is 0 Å². The monoisotopic (exact) mass is 1890 g/mol. The average molecular weight is 1890 g/mol. The number of aryl methyl sites for hydroxylation is 5. The minimum absolute atomic E-state index is 0. The fourth-order valence-corrected chi connectivity index (χ4v) is 8.58. The summed E-state index contributed by atoms with van der Waals surface area (Å²) < 4.78 is 74.4. The average Bonchev–Trinajstić information content (AvgIpc) is 1.73. The van der Waals surface area contributed by atoms with E-state index in [9.17, 15) is 26.3 Å². The molecule has 0 saturated heterocycles. The Morgan fingerprint density at radius 3 is 0.891 bits per heavy atom. The number of hydrogen-bond donors (Lipinski definition) is 0. The first-order valence-corrected chi connectivity index (χ1v) is 30.5. The molecule has 14 rings (SSSR count). The van der Waals surface area contributed by atoms with Gasteiger partial charge >= 0.3 is 52.6 Å². The number of pyridine rings is 6.